The molecule has 202 valence electrons. The van der Waals surface area contributed by atoms with Crippen molar-refractivity contribution in [2.24, 2.45) is 5.92 Å². The molecule has 2 fully saturated rings. The Kier molecular flexibility index (Phi) is 6.31. The molecule has 6 atom stereocenters. The van der Waals surface area contributed by atoms with Crippen molar-refractivity contribution in [2.75, 3.05) is 31.1 Å². The fraction of sp³-hybridized carbons (Fsp3) is 0.565. The first kappa shape index (κ1) is 24.8. The number of fused-ring (bicyclic) bond motifs is 2. The second-order valence-corrected chi connectivity index (χ2v) is 10.3. The van der Waals surface area contributed by atoms with Gasteiger partial charge in [0.2, 0.25) is 0 Å². The number of morpholine rings is 1. The Labute approximate surface area is 217 Å². The summed E-state index contributed by atoms with van der Waals surface area (Å²) in [4.78, 5) is 27.4. The van der Waals surface area contributed by atoms with Crippen molar-refractivity contribution in [1.82, 2.24) is 43.9 Å². The normalized spacial score (nSPS) is 28.7. The highest BCUT2D eigenvalue weighted by atomic mass is 16.6. The number of hydrogen-bond acceptors (Lipinski definition) is 13. The summed E-state index contributed by atoms with van der Waals surface area (Å²) in [5.74, 6) is 0.955. The number of aliphatic hydroxyl groups is 2. The summed E-state index contributed by atoms with van der Waals surface area (Å²) in [5.41, 5.74) is 13.8. The molecule has 15 heteroatoms. The van der Waals surface area contributed by atoms with Crippen molar-refractivity contribution in [3.8, 4) is 0 Å². The Morgan fingerprint density at radius 3 is 2.16 bits per heavy atom. The average Bonchev–Trinajstić information content (AvgIpc) is 3.57. The molecule has 4 aromatic heterocycles. The predicted molar refractivity (Wildman–Crippen MR) is 135 cm³/mol. The molecule has 4 aromatic rings. The van der Waals surface area contributed by atoms with Crippen LogP contribution in [0, 0.1) is 5.92 Å². The second kappa shape index (κ2) is 9.67. The van der Waals surface area contributed by atoms with E-state index in [1.54, 1.807) is 10.9 Å². The Morgan fingerprint density at radius 2 is 1.50 bits per heavy atom. The first-order valence-corrected chi connectivity index (χ1v) is 12.6. The minimum Gasteiger partial charge on any atom is -0.387 e. The molecule has 0 unspecified atom stereocenters. The molecule has 2 aliphatic heterocycles. The van der Waals surface area contributed by atoms with Gasteiger partial charge in [0, 0.05) is 19.6 Å². The van der Waals surface area contributed by atoms with Crippen molar-refractivity contribution < 1.29 is 19.7 Å². The van der Waals surface area contributed by atoms with Crippen molar-refractivity contribution in [1.29, 1.82) is 0 Å². The van der Waals surface area contributed by atoms with E-state index in [1.165, 1.54) is 19.0 Å². The minimum absolute atomic E-state index is 0.0677. The number of nitrogen functional groups attached to an aromatic ring is 2. The molecule has 0 aromatic carbocycles. The van der Waals surface area contributed by atoms with E-state index in [0.29, 0.717) is 53.7 Å². The largest absolute Gasteiger partial charge is 0.387 e. The predicted octanol–water partition coefficient (Wildman–Crippen LogP) is -0.305. The maximum atomic E-state index is 10.9. The van der Waals surface area contributed by atoms with Crippen molar-refractivity contribution >= 4 is 34.0 Å². The summed E-state index contributed by atoms with van der Waals surface area (Å²) >= 11 is 0. The Bertz CT molecular complexity index is 1440. The fourth-order valence-electron chi connectivity index (χ4n) is 5.35. The molecule has 15 nitrogen and oxygen atoms in total. The lowest BCUT2D eigenvalue weighted by Gasteiger charge is -2.40. The van der Waals surface area contributed by atoms with Gasteiger partial charge in [-0.3, -0.25) is 14.0 Å². The number of rotatable bonds is 6. The summed E-state index contributed by atoms with van der Waals surface area (Å²) in [6, 6.07) is 0. The van der Waals surface area contributed by atoms with Gasteiger partial charge < -0.3 is 31.2 Å². The summed E-state index contributed by atoms with van der Waals surface area (Å²) < 4.78 is 16.1. The highest BCUT2D eigenvalue weighted by Crippen LogP contribution is 2.34. The van der Waals surface area contributed by atoms with Crippen molar-refractivity contribution in [3.63, 3.8) is 0 Å². The van der Waals surface area contributed by atoms with Gasteiger partial charge in [-0.25, -0.2) is 29.9 Å². The van der Waals surface area contributed by atoms with Gasteiger partial charge in [0.1, 0.15) is 48.2 Å². The molecule has 0 saturated carbocycles. The maximum absolute atomic E-state index is 10.9. The summed E-state index contributed by atoms with van der Waals surface area (Å²) in [5, 5.41) is 21.8. The van der Waals surface area contributed by atoms with E-state index < -0.39 is 24.5 Å². The van der Waals surface area contributed by atoms with Gasteiger partial charge in [0.25, 0.3) is 0 Å². The van der Waals surface area contributed by atoms with Crippen LogP contribution in [0.3, 0.4) is 0 Å². The van der Waals surface area contributed by atoms with E-state index in [1.807, 2.05) is 4.57 Å². The Hall–Kier alpha value is -3.50. The third-order valence-electron chi connectivity index (χ3n) is 7.09. The van der Waals surface area contributed by atoms with E-state index in [-0.39, 0.29) is 18.1 Å². The molecule has 0 aliphatic carbocycles. The average molecular weight is 526 g/mol. The first-order valence-electron chi connectivity index (χ1n) is 12.6. The van der Waals surface area contributed by atoms with E-state index in [2.05, 4.69) is 48.7 Å². The number of anilines is 2. The third kappa shape index (κ3) is 4.31. The van der Waals surface area contributed by atoms with Crippen LogP contribution in [0.1, 0.15) is 32.7 Å². The van der Waals surface area contributed by atoms with Crippen molar-refractivity contribution in [2.45, 2.75) is 57.1 Å². The lowest BCUT2D eigenvalue weighted by atomic mass is 10.0. The van der Waals surface area contributed by atoms with Crippen LogP contribution in [0.2, 0.25) is 0 Å². The van der Waals surface area contributed by atoms with E-state index in [9.17, 15) is 10.2 Å². The number of aliphatic hydroxyl groups excluding tert-OH is 2. The number of hydrogen-bond donors (Lipinski definition) is 4. The Morgan fingerprint density at radius 1 is 0.868 bits per heavy atom. The summed E-state index contributed by atoms with van der Waals surface area (Å²) in [7, 11) is 0. The summed E-state index contributed by atoms with van der Waals surface area (Å²) in [6.07, 6.45) is 2.42. The molecule has 6 heterocycles. The van der Waals surface area contributed by atoms with Crippen LogP contribution in [0.4, 0.5) is 11.6 Å². The maximum Gasteiger partial charge on any atom is 0.167 e. The van der Waals surface area contributed by atoms with E-state index in [4.69, 9.17) is 20.9 Å². The Balaban J connectivity index is 1.24. The molecular weight excluding hydrogens is 494 g/mol. The summed E-state index contributed by atoms with van der Waals surface area (Å²) in [6.45, 7) is 5.80. The van der Waals surface area contributed by atoms with Gasteiger partial charge >= 0.3 is 0 Å². The van der Waals surface area contributed by atoms with Gasteiger partial charge in [-0.05, 0) is 12.3 Å². The zero-order valence-electron chi connectivity index (χ0n) is 21.1. The molecule has 2 aliphatic rings. The number of nitrogens with zero attached hydrogens (tertiary/aromatic N) is 9. The van der Waals surface area contributed by atoms with E-state index >= 15 is 0 Å². The van der Waals surface area contributed by atoms with Crippen LogP contribution in [0.5, 0.6) is 0 Å². The van der Waals surface area contributed by atoms with Gasteiger partial charge in [0.15, 0.2) is 29.2 Å². The minimum atomic E-state index is -1.19. The van der Waals surface area contributed by atoms with Gasteiger partial charge in [-0.1, -0.05) is 13.8 Å². The van der Waals surface area contributed by atoms with Gasteiger partial charge in [-0.15, -0.1) is 0 Å². The van der Waals surface area contributed by atoms with Crippen LogP contribution >= 0.6 is 0 Å². The van der Waals surface area contributed by atoms with Crippen LogP contribution in [0.25, 0.3) is 22.3 Å². The SMILES string of the molecule is CC(C)C[C@@H]1CN(C[C@H]2O[C@@H](n3cnc4c(N)ncnc43)[C@H](O)[C@@H]2O)C[C@H](n2cnc3c(N)ncnc32)O1. The number of ether oxygens (including phenoxy) is 2. The highest BCUT2D eigenvalue weighted by Gasteiger charge is 2.45. The molecule has 38 heavy (non-hydrogen) atoms. The van der Waals surface area contributed by atoms with Gasteiger partial charge in [0.05, 0.1) is 18.8 Å². The number of imidazole rings is 2. The third-order valence-corrected chi connectivity index (χ3v) is 7.09. The zero-order valence-corrected chi connectivity index (χ0v) is 21.1. The number of nitrogens with two attached hydrogens (primary N) is 2. The molecule has 0 bridgehead atoms. The van der Waals surface area contributed by atoms with Crippen LogP contribution in [0.15, 0.2) is 25.3 Å². The van der Waals surface area contributed by atoms with Crippen LogP contribution in [-0.4, -0.2) is 98.2 Å². The van der Waals surface area contributed by atoms with Crippen molar-refractivity contribution in [3.05, 3.63) is 25.3 Å². The van der Waals surface area contributed by atoms with E-state index in [0.717, 1.165) is 6.42 Å². The molecule has 0 amide bonds. The molecule has 0 radical (unpaired) electrons. The molecule has 2 saturated heterocycles. The smallest absolute Gasteiger partial charge is 0.167 e. The fourth-order valence-corrected chi connectivity index (χ4v) is 5.35. The van der Waals surface area contributed by atoms with Gasteiger partial charge in [-0.2, -0.15) is 0 Å². The molecule has 0 spiro atoms. The lowest BCUT2D eigenvalue weighted by molar-refractivity contribution is -0.136. The quantitative estimate of drug-likeness (QED) is 0.256. The van der Waals surface area contributed by atoms with Crippen LogP contribution < -0.4 is 11.5 Å². The zero-order chi connectivity index (χ0) is 26.6. The monoisotopic (exact) mass is 525 g/mol. The molecular formula is C23H31N11O4. The standard InChI is InChI=1S/C23H31N11O4/c1-11(2)3-12-4-32(6-14(37-12)33-9-30-15-19(24)26-7-28-21(15)33)5-13-17(35)18(36)23(38-13)34-10-31-16-20(25)27-8-29-22(16)34/h7-14,17-18,23,35-36H,3-6H2,1-2H3,(H2,24,26,28)(H2,25,27,29)/t12-,13-,14-,17-,18-,23-/m1/s1. The van der Waals surface area contributed by atoms with Crippen LogP contribution in [-0.2, 0) is 9.47 Å². The molecule has 6 N–H and O–H groups in total. The topological polar surface area (TPSA) is 201 Å². The number of aromatic nitrogens is 8. The molecule has 6 rings (SSSR count). The highest BCUT2D eigenvalue weighted by molar-refractivity contribution is 5.81. The first-order chi connectivity index (χ1) is 18.3. The lowest BCUT2D eigenvalue weighted by Crippen LogP contribution is -2.50. The second-order valence-electron chi connectivity index (χ2n) is 10.3.